The van der Waals surface area contributed by atoms with Crippen molar-refractivity contribution in [2.45, 2.75) is 70.0 Å². The predicted octanol–water partition coefficient (Wildman–Crippen LogP) is 5.74. The van der Waals surface area contributed by atoms with Crippen LogP contribution in [0.25, 0.3) is 0 Å². The molecule has 17 heavy (non-hydrogen) atoms. The third-order valence-corrected chi connectivity index (χ3v) is 15.3. The SMILES string of the molecule is CC(C)(C)[Si](Cl)(C1CC2C=CC1C2)C(C)(C)C. The summed E-state index contributed by atoms with van der Waals surface area (Å²) in [7, 11) is -1.85. The van der Waals surface area contributed by atoms with Gasteiger partial charge in [-0.1, -0.05) is 53.7 Å². The molecule has 2 heteroatoms. The van der Waals surface area contributed by atoms with Crippen LogP contribution in [-0.2, 0) is 0 Å². The van der Waals surface area contributed by atoms with E-state index in [0.29, 0.717) is 0 Å². The van der Waals surface area contributed by atoms with Crippen LogP contribution in [-0.4, -0.2) is 7.38 Å². The molecule has 2 rings (SSSR count). The highest BCUT2D eigenvalue weighted by Crippen LogP contribution is 2.66. The van der Waals surface area contributed by atoms with E-state index >= 15 is 0 Å². The maximum Gasteiger partial charge on any atom is 0.170 e. The third-order valence-electron chi connectivity index (χ3n) is 4.97. The Morgan fingerprint density at radius 1 is 0.941 bits per heavy atom. The van der Waals surface area contributed by atoms with E-state index in [1.807, 2.05) is 0 Å². The second kappa shape index (κ2) is 3.87. The molecule has 0 N–H and O–H groups in total. The highest BCUT2D eigenvalue weighted by molar-refractivity contribution is 7.24. The summed E-state index contributed by atoms with van der Waals surface area (Å²) >= 11 is 7.40. The molecule has 2 bridgehead atoms. The van der Waals surface area contributed by atoms with E-state index in [4.69, 9.17) is 11.1 Å². The van der Waals surface area contributed by atoms with Crippen LogP contribution in [0.4, 0.5) is 0 Å². The monoisotopic (exact) mass is 270 g/mol. The maximum atomic E-state index is 7.40. The summed E-state index contributed by atoms with van der Waals surface area (Å²) in [6.45, 7) is 14.2. The Kier molecular flexibility index (Phi) is 3.11. The van der Waals surface area contributed by atoms with Crippen LogP contribution >= 0.6 is 11.1 Å². The van der Waals surface area contributed by atoms with Crippen molar-refractivity contribution in [2.75, 3.05) is 0 Å². The first-order chi connectivity index (χ1) is 7.57. The van der Waals surface area contributed by atoms with Gasteiger partial charge in [0.1, 0.15) is 0 Å². The Bertz CT molecular complexity index is 318. The normalized spacial score (nSPS) is 33.5. The molecule has 2 aliphatic carbocycles. The molecule has 0 aromatic carbocycles. The van der Waals surface area contributed by atoms with Gasteiger partial charge in [0.15, 0.2) is 7.38 Å². The Labute approximate surface area is 113 Å². The highest BCUT2D eigenvalue weighted by atomic mass is 35.6. The number of halogens is 1. The van der Waals surface area contributed by atoms with Crippen LogP contribution in [0.3, 0.4) is 0 Å². The second-order valence-corrected chi connectivity index (χ2v) is 15.1. The van der Waals surface area contributed by atoms with Crippen molar-refractivity contribution >= 4 is 18.5 Å². The molecule has 98 valence electrons. The Morgan fingerprint density at radius 3 is 1.76 bits per heavy atom. The van der Waals surface area contributed by atoms with Crippen LogP contribution in [0.15, 0.2) is 12.2 Å². The van der Waals surface area contributed by atoms with Gasteiger partial charge in [-0.25, -0.2) is 0 Å². The van der Waals surface area contributed by atoms with Crippen molar-refractivity contribution in [1.82, 2.24) is 0 Å². The number of allylic oxidation sites excluding steroid dienone is 2. The van der Waals surface area contributed by atoms with Gasteiger partial charge in [0, 0.05) is 0 Å². The van der Waals surface area contributed by atoms with E-state index in [9.17, 15) is 0 Å². The van der Waals surface area contributed by atoms with Gasteiger partial charge >= 0.3 is 0 Å². The topological polar surface area (TPSA) is 0 Å². The average molecular weight is 271 g/mol. The Morgan fingerprint density at radius 2 is 1.47 bits per heavy atom. The number of hydrogen-bond donors (Lipinski definition) is 0. The van der Waals surface area contributed by atoms with Gasteiger partial charge in [0.2, 0.25) is 0 Å². The van der Waals surface area contributed by atoms with Crippen molar-refractivity contribution in [1.29, 1.82) is 0 Å². The first kappa shape index (κ1) is 13.7. The Hall–Kier alpha value is 0.247. The zero-order valence-electron chi connectivity index (χ0n) is 12.2. The van der Waals surface area contributed by atoms with Gasteiger partial charge in [-0.05, 0) is 40.3 Å². The lowest BCUT2D eigenvalue weighted by Crippen LogP contribution is -2.51. The fraction of sp³-hybridized carbons (Fsp3) is 0.867. The summed E-state index contributed by atoms with van der Waals surface area (Å²) in [4.78, 5) is 0. The first-order valence-electron chi connectivity index (χ1n) is 6.94. The zero-order valence-corrected chi connectivity index (χ0v) is 13.9. The first-order valence-corrected chi connectivity index (χ1v) is 10.0. The molecule has 1 saturated carbocycles. The summed E-state index contributed by atoms with van der Waals surface area (Å²) in [5.74, 6) is 1.61. The molecule has 0 aromatic heterocycles. The number of hydrogen-bond acceptors (Lipinski definition) is 0. The number of fused-ring (bicyclic) bond motifs is 2. The molecular formula is C15H27ClSi. The highest BCUT2D eigenvalue weighted by Gasteiger charge is 2.60. The van der Waals surface area contributed by atoms with E-state index in [1.54, 1.807) is 0 Å². The fourth-order valence-corrected chi connectivity index (χ4v) is 11.2. The fourth-order valence-electron chi connectivity index (χ4n) is 4.48. The molecule has 0 radical (unpaired) electrons. The molecular weight excluding hydrogens is 244 g/mol. The molecule has 0 nitrogen and oxygen atoms in total. The van der Waals surface area contributed by atoms with Crippen LogP contribution < -0.4 is 0 Å². The Balaban J connectivity index is 2.39. The molecule has 0 heterocycles. The van der Waals surface area contributed by atoms with E-state index in [1.165, 1.54) is 12.8 Å². The van der Waals surface area contributed by atoms with Crippen molar-refractivity contribution < 1.29 is 0 Å². The minimum atomic E-state index is -1.85. The third kappa shape index (κ3) is 1.94. The molecule has 1 fully saturated rings. The second-order valence-electron chi connectivity index (χ2n) is 8.10. The van der Waals surface area contributed by atoms with Gasteiger partial charge in [0.05, 0.1) is 0 Å². The van der Waals surface area contributed by atoms with E-state index in [-0.39, 0.29) is 10.1 Å². The van der Waals surface area contributed by atoms with E-state index in [2.05, 4.69) is 53.7 Å². The molecule has 0 aromatic rings. The predicted molar refractivity (Wildman–Crippen MR) is 80.1 cm³/mol. The lowest BCUT2D eigenvalue weighted by Gasteiger charge is -2.52. The standard InChI is InChI=1S/C15H27ClSi/c1-14(2,3)17(16,15(4,5)6)13-10-11-7-8-12(13)9-11/h7-8,11-13H,9-10H2,1-6H3. The van der Waals surface area contributed by atoms with Gasteiger partial charge in [0.25, 0.3) is 0 Å². The number of rotatable bonds is 1. The van der Waals surface area contributed by atoms with Gasteiger partial charge in [-0.15, -0.1) is 0 Å². The van der Waals surface area contributed by atoms with Crippen molar-refractivity contribution in [3.63, 3.8) is 0 Å². The van der Waals surface area contributed by atoms with Gasteiger partial charge in [-0.2, -0.15) is 11.1 Å². The summed E-state index contributed by atoms with van der Waals surface area (Å²) in [5, 5.41) is 0.547. The van der Waals surface area contributed by atoms with Gasteiger partial charge in [-0.3, -0.25) is 0 Å². The molecule has 0 spiro atoms. The zero-order chi connectivity index (χ0) is 13.1. The average Bonchev–Trinajstić information content (AvgIpc) is 2.73. The molecule has 0 amide bonds. The van der Waals surface area contributed by atoms with Crippen molar-refractivity contribution in [3.8, 4) is 0 Å². The minimum Gasteiger partial charge on any atom is -0.166 e. The van der Waals surface area contributed by atoms with E-state index in [0.717, 1.165) is 17.4 Å². The van der Waals surface area contributed by atoms with Crippen LogP contribution in [0.1, 0.15) is 54.4 Å². The smallest absolute Gasteiger partial charge is 0.166 e. The minimum absolute atomic E-state index is 0.274. The van der Waals surface area contributed by atoms with E-state index < -0.39 is 7.38 Å². The lowest BCUT2D eigenvalue weighted by molar-refractivity contribution is 0.557. The summed E-state index contributed by atoms with van der Waals surface area (Å²) in [5.41, 5.74) is 0.777. The molecule has 0 aliphatic heterocycles. The molecule has 3 atom stereocenters. The van der Waals surface area contributed by atoms with Crippen molar-refractivity contribution in [2.24, 2.45) is 11.8 Å². The summed E-state index contributed by atoms with van der Waals surface area (Å²) in [6.07, 6.45) is 7.61. The largest absolute Gasteiger partial charge is 0.170 e. The van der Waals surface area contributed by atoms with Crippen LogP contribution in [0.2, 0.25) is 15.6 Å². The lowest BCUT2D eigenvalue weighted by atomic mass is 10.1. The summed E-state index contributed by atoms with van der Waals surface area (Å²) < 4.78 is 0. The quantitative estimate of drug-likeness (QED) is 0.324. The van der Waals surface area contributed by atoms with Crippen molar-refractivity contribution in [3.05, 3.63) is 12.2 Å². The molecule has 2 aliphatic rings. The summed E-state index contributed by atoms with van der Waals surface area (Å²) in [6, 6.07) is 0. The molecule has 3 unspecified atom stereocenters. The van der Waals surface area contributed by atoms with Gasteiger partial charge < -0.3 is 0 Å². The maximum absolute atomic E-state index is 7.40. The van der Waals surface area contributed by atoms with Crippen LogP contribution in [0.5, 0.6) is 0 Å². The van der Waals surface area contributed by atoms with Crippen LogP contribution in [0, 0.1) is 11.8 Å². The molecule has 0 saturated heterocycles.